The molecule has 3 amide bonds. The van der Waals surface area contributed by atoms with Gasteiger partial charge in [-0.2, -0.15) is 31.5 Å². The fraction of sp³-hybridized carbons (Fsp3) is 0.759. The highest BCUT2D eigenvalue weighted by Gasteiger charge is 2.09. The second-order valence-electron chi connectivity index (χ2n) is 28.9. The number of likely N-dealkylation sites (N-methyl/N-ethyl adjacent to an activating group) is 1. The zero-order valence-electron chi connectivity index (χ0n) is 68.1. The summed E-state index contributed by atoms with van der Waals surface area (Å²) in [4.78, 5) is 78.9. The lowest BCUT2D eigenvalue weighted by Gasteiger charge is -2.17. The maximum atomic E-state index is 11.0. The van der Waals surface area contributed by atoms with Gasteiger partial charge in [-0.25, -0.2) is 4.79 Å². The number of methoxy groups -OCH3 is 2. The van der Waals surface area contributed by atoms with Crippen LogP contribution in [0.5, 0.6) is 0 Å². The lowest BCUT2D eigenvalue weighted by molar-refractivity contribution is -0.142. The van der Waals surface area contributed by atoms with E-state index < -0.39 is 0 Å². The van der Waals surface area contributed by atoms with Crippen LogP contribution < -0.4 is 0 Å². The third-order valence-electron chi connectivity index (χ3n) is 10.3. The first-order chi connectivity index (χ1) is 43.1. The average Bonchev–Trinajstić information content (AvgIpc) is 1.77. The second-order valence-corrected chi connectivity index (χ2v) is 33.7. The van der Waals surface area contributed by atoms with Crippen molar-refractivity contribution < 1.29 is 47.8 Å². The molecule has 2 atom stereocenters. The number of carbonyl (C=O) groups is 7. The minimum atomic E-state index is -0.288. The Morgan fingerprint density at radius 1 is 0.588 bits per heavy atom. The zero-order valence-corrected chi connectivity index (χ0v) is 70.5. The minimum absolute atomic E-state index is 0. The van der Waals surface area contributed by atoms with Crippen LogP contribution in [0.15, 0.2) is 47.9 Å². The highest BCUT2D eigenvalue weighted by atomic mass is 32.2. The third-order valence-corrected chi connectivity index (χ3v) is 13.0. The summed E-state index contributed by atoms with van der Waals surface area (Å²) in [6.07, 6.45) is 22.8. The summed E-state index contributed by atoms with van der Waals surface area (Å²) in [7, 11) is 12.3. The Bertz CT molecular complexity index is 2110. The van der Waals surface area contributed by atoms with Crippen LogP contribution in [0.2, 0.25) is 0 Å². The van der Waals surface area contributed by atoms with Gasteiger partial charge in [0, 0.05) is 99.7 Å². The van der Waals surface area contributed by atoms with Crippen LogP contribution in [-0.2, 0) is 47.8 Å². The quantitative estimate of drug-likeness (QED) is 0.0326. The van der Waals surface area contributed by atoms with E-state index in [1.54, 1.807) is 68.9 Å². The average molecular weight is 1440 g/mol. The smallest absolute Gasteiger partial charge is 0.330 e. The van der Waals surface area contributed by atoms with Gasteiger partial charge in [0.25, 0.3) is 0 Å². The standard InChI is InChI=1S/C9H17NO.C8H17NO.C8H18S.C7H15NO.C7H14O2.C7H12O2.C7H14S.C6H11N.C6H9N.C6H12O2.C6H12OS.2CH4/c1-9(2,3)7-6-8(11)10(4)5;1-7(2)5-6-8(10)9(3)4;1-8(2,3)6-7-9(4)5;1-6(2)5-8(4)7(3)9;2*1-6(2)4-5-7(8)9-3;1-7(2)5-6-8(3)4;2*1-6(2)4-3-5-7;2*1-5(2)4-8-6(3)7;;/h6-7H,1-5H3;7H,5-6H2,1-4H3;4,6-7H2,1-3,5H3;6H,5H2,1-4H3;6H,4-5H2,1-3H3;4-6H,1-3H3;5-7H,3H2,1-2,4H3;6H,3-4H2,1-2H3;3-4,6H,1-2H3;2*5H,4H2,1-3H3;2*1H4/b7-6+;;;;;5-4+;6-5+;;4-3+;;;;. The van der Waals surface area contributed by atoms with Gasteiger partial charge >= 0.3 is 17.9 Å². The van der Waals surface area contributed by atoms with Crippen LogP contribution in [0.4, 0.5) is 0 Å². The molecule has 18 heteroatoms. The van der Waals surface area contributed by atoms with Gasteiger partial charge in [-0.3, -0.25) is 28.8 Å². The molecule has 0 saturated carbocycles. The van der Waals surface area contributed by atoms with Gasteiger partial charge in [-0.05, 0) is 120 Å². The number of hydrogen-bond donors (Lipinski definition) is 0. The predicted molar refractivity (Wildman–Crippen MR) is 437 cm³/mol. The lowest BCUT2D eigenvalue weighted by Crippen LogP contribution is -2.27. The van der Waals surface area contributed by atoms with Gasteiger partial charge in [-0.15, -0.1) is 0 Å². The SMILES string of the molecule is C.C.C=S(C)/C=C/C(C)C.C=S(C)CCC(C)(C)C.CC(=O)N(C)CC(C)C.CC(=O)OCC(C)C.CC(=O)SCC(C)C.CC(C)/C=C/C#N.CC(C)CCC#N.CC(C)CCC(=O)N(C)C.CN(C)C(=O)/C=C/C(C)(C)C.COC(=O)/C=C/C(C)C.COC(=O)CCC(C)C. The molecule has 0 aromatic carbocycles. The van der Waals surface area contributed by atoms with Crippen LogP contribution in [0.3, 0.4) is 0 Å². The van der Waals surface area contributed by atoms with E-state index in [9.17, 15) is 33.6 Å². The van der Waals surface area contributed by atoms with Crippen molar-refractivity contribution in [3.63, 3.8) is 0 Å². The maximum Gasteiger partial charge on any atom is 0.330 e. The molecule has 0 saturated heterocycles. The number of rotatable bonds is 22. The largest absolute Gasteiger partial charge is 0.469 e. The van der Waals surface area contributed by atoms with Crippen LogP contribution in [-0.4, -0.2) is 154 Å². The van der Waals surface area contributed by atoms with E-state index >= 15 is 0 Å². The maximum absolute atomic E-state index is 11.0. The first kappa shape index (κ1) is 122. The molecule has 0 bridgehead atoms. The molecule has 0 aliphatic rings. The molecule has 0 heterocycles. The fourth-order valence-electron chi connectivity index (χ4n) is 4.56. The number of thioether (sulfide) groups is 1. The summed E-state index contributed by atoms with van der Waals surface area (Å²) < 4.78 is 13.5. The van der Waals surface area contributed by atoms with E-state index in [0.717, 1.165) is 31.6 Å². The van der Waals surface area contributed by atoms with Crippen LogP contribution >= 0.6 is 32.7 Å². The van der Waals surface area contributed by atoms with Crippen LogP contribution in [0.25, 0.3) is 0 Å². The summed E-state index contributed by atoms with van der Waals surface area (Å²) in [5, 5.41) is 18.4. The molecule has 0 aromatic rings. The van der Waals surface area contributed by atoms with Crippen molar-refractivity contribution in [3.8, 4) is 12.1 Å². The van der Waals surface area contributed by atoms with Gasteiger partial charge in [0.15, 0.2) is 5.12 Å². The van der Waals surface area contributed by atoms with Crippen molar-refractivity contribution in [2.75, 3.05) is 86.6 Å². The molecule has 578 valence electrons. The molecule has 0 spiro atoms. The van der Waals surface area contributed by atoms with Crippen molar-refractivity contribution in [1.82, 2.24) is 14.7 Å². The molecule has 0 fully saturated rings. The topological polar surface area (TPSA) is 204 Å². The molecule has 97 heavy (non-hydrogen) atoms. The number of nitrogens with zero attached hydrogens (tertiary/aromatic N) is 5. The fourth-order valence-corrected chi connectivity index (χ4v) is 6.67. The third kappa shape index (κ3) is 171. The minimum Gasteiger partial charge on any atom is -0.469 e. The number of esters is 3. The summed E-state index contributed by atoms with van der Waals surface area (Å²) in [6, 6.07) is 4.02. The van der Waals surface area contributed by atoms with Gasteiger partial charge in [0.1, 0.15) is 0 Å². The van der Waals surface area contributed by atoms with Gasteiger partial charge in [-0.1, -0.05) is 229 Å². The van der Waals surface area contributed by atoms with E-state index in [1.807, 2.05) is 66.8 Å². The first-order valence-electron chi connectivity index (χ1n) is 33.5. The Kier molecular flexibility index (Phi) is 103. The zero-order chi connectivity index (χ0) is 77.8. The van der Waals surface area contributed by atoms with Crippen molar-refractivity contribution in [2.45, 2.75) is 247 Å². The first-order valence-corrected chi connectivity index (χ1v) is 38.3. The number of hydrogen-bond acceptors (Lipinski definition) is 13. The lowest BCUT2D eigenvalue weighted by atomic mass is 9.94. The summed E-state index contributed by atoms with van der Waals surface area (Å²) >= 11 is 1.40. The molecule has 15 nitrogen and oxygen atoms in total. The Balaban J connectivity index is -0.0000000727. The monoisotopic (exact) mass is 1430 g/mol. The Hall–Kier alpha value is -4.78. The van der Waals surface area contributed by atoms with E-state index in [1.165, 1.54) is 57.2 Å². The highest BCUT2D eigenvalue weighted by Crippen LogP contribution is 2.22. The predicted octanol–water partition coefficient (Wildman–Crippen LogP) is 20.6. The summed E-state index contributed by atoms with van der Waals surface area (Å²) in [5.41, 5.74) is 0.588. The molecule has 0 aliphatic carbocycles. The Morgan fingerprint density at radius 2 is 1.03 bits per heavy atom. The van der Waals surface area contributed by atoms with Crippen LogP contribution in [0.1, 0.15) is 247 Å². The molecule has 0 aliphatic heterocycles. The van der Waals surface area contributed by atoms with Crippen molar-refractivity contribution in [1.29, 1.82) is 10.5 Å². The molecule has 2 unspecified atom stereocenters. The van der Waals surface area contributed by atoms with Gasteiger partial charge in [0.05, 0.1) is 33.0 Å². The number of amides is 3. The Labute approximate surface area is 612 Å². The molecule has 0 aromatic heterocycles. The number of allylic oxidation sites excluding steroid dienone is 5. The molecule has 0 N–H and O–H groups in total. The highest BCUT2D eigenvalue weighted by molar-refractivity contribution is 8.16. The molecular formula is C79H159N5O10S3. The molecule has 0 rings (SSSR count). The molecular weight excluding hydrogens is 1280 g/mol. The van der Waals surface area contributed by atoms with Gasteiger partial charge in [0.2, 0.25) is 17.7 Å². The van der Waals surface area contributed by atoms with E-state index in [4.69, 9.17) is 10.5 Å². The van der Waals surface area contributed by atoms with Crippen molar-refractivity contribution >= 4 is 85.2 Å². The Morgan fingerprint density at radius 3 is 1.23 bits per heavy atom. The van der Waals surface area contributed by atoms with E-state index in [2.05, 4.69) is 181 Å². The van der Waals surface area contributed by atoms with Crippen molar-refractivity contribution in [3.05, 3.63) is 47.9 Å². The van der Waals surface area contributed by atoms with Crippen molar-refractivity contribution in [2.24, 2.45) is 64.1 Å². The van der Waals surface area contributed by atoms with E-state index in [-0.39, 0.29) is 71.5 Å². The number of carbonyl (C=O) groups excluding carboxylic acids is 7. The summed E-state index contributed by atoms with van der Waals surface area (Å²) in [6.45, 7) is 56.5. The van der Waals surface area contributed by atoms with Crippen LogP contribution in [0, 0.1) is 86.8 Å². The van der Waals surface area contributed by atoms with Gasteiger partial charge < -0.3 is 28.9 Å². The van der Waals surface area contributed by atoms with E-state index in [0.29, 0.717) is 95.0 Å². The molecule has 0 radical (unpaired) electrons. The summed E-state index contributed by atoms with van der Waals surface area (Å²) in [5.74, 6) is 15.0. The number of ether oxygens (including phenoxy) is 3. The second kappa shape index (κ2) is 81.9. The normalized spacial score (nSPS) is 10.9. The number of nitriles is 2.